The molecule has 0 atom stereocenters. The predicted molar refractivity (Wildman–Crippen MR) is 77.9 cm³/mol. The Hall–Kier alpha value is -2.14. The third-order valence-corrected chi connectivity index (χ3v) is 2.97. The van der Waals surface area contributed by atoms with Crippen molar-refractivity contribution in [1.82, 2.24) is 4.98 Å². The van der Waals surface area contributed by atoms with E-state index in [9.17, 15) is 9.90 Å². The molecule has 20 heavy (non-hydrogen) atoms. The van der Waals surface area contributed by atoms with Crippen LogP contribution in [0.1, 0.15) is 19.5 Å². The molecule has 2 aromatic rings. The standard InChI is InChI=1S/C15H18N2O3/c1-15(2,9-18)17-13-7-10(8-14(19)20)16-12-6-4-3-5-11(12)13/h3-7,18H,8-9H2,1-2H3,(H,16,17)(H,19,20). The van der Waals surface area contributed by atoms with Gasteiger partial charge in [-0.15, -0.1) is 0 Å². The Morgan fingerprint density at radius 1 is 1.35 bits per heavy atom. The molecule has 3 N–H and O–H groups in total. The van der Waals surface area contributed by atoms with Crippen molar-refractivity contribution in [2.24, 2.45) is 0 Å². The number of nitrogens with one attached hydrogen (secondary N) is 1. The molecule has 0 radical (unpaired) electrons. The molecule has 0 unspecified atom stereocenters. The Labute approximate surface area is 117 Å². The van der Waals surface area contributed by atoms with Crippen molar-refractivity contribution in [3.8, 4) is 0 Å². The number of hydrogen-bond donors (Lipinski definition) is 3. The van der Waals surface area contributed by atoms with Crippen LogP contribution in [-0.4, -0.2) is 33.3 Å². The molecule has 0 aliphatic carbocycles. The van der Waals surface area contributed by atoms with Gasteiger partial charge in [0.05, 0.1) is 29.8 Å². The first-order valence-corrected chi connectivity index (χ1v) is 6.41. The maximum Gasteiger partial charge on any atom is 0.309 e. The van der Waals surface area contributed by atoms with Gasteiger partial charge in [-0.25, -0.2) is 0 Å². The highest BCUT2D eigenvalue weighted by Gasteiger charge is 2.18. The topological polar surface area (TPSA) is 82.5 Å². The van der Waals surface area contributed by atoms with E-state index in [0.29, 0.717) is 5.69 Å². The number of carboxylic acids is 1. The van der Waals surface area contributed by atoms with Gasteiger partial charge in [0, 0.05) is 11.1 Å². The van der Waals surface area contributed by atoms with Crippen LogP contribution < -0.4 is 5.32 Å². The number of aliphatic carboxylic acids is 1. The summed E-state index contributed by atoms with van der Waals surface area (Å²) in [5, 5.41) is 22.4. The highest BCUT2D eigenvalue weighted by molar-refractivity contribution is 5.92. The first kappa shape index (κ1) is 14.3. The van der Waals surface area contributed by atoms with E-state index in [1.165, 1.54) is 0 Å². The van der Waals surface area contributed by atoms with Gasteiger partial charge in [-0.2, -0.15) is 0 Å². The number of para-hydroxylation sites is 1. The second-order valence-corrected chi connectivity index (χ2v) is 5.42. The van der Waals surface area contributed by atoms with E-state index in [1.807, 2.05) is 38.1 Å². The second-order valence-electron chi connectivity index (χ2n) is 5.42. The van der Waals surface area contributed by atoms with Crippen molar-refractivity contribution in [2.75, 3.05) is 11.9 Å². The largest absolute Gasteiger partial charge is 0.481 e. The number of hydrogen-bond acceptors (Lipinski definition) is 4. The summed E-state index contributed by atoms with van der Waals surface area (Å²) < 4.78 is 0. The average Bonchev–Trinajstić information content (AvgIpc) is 2.37. The summed E-state index contributed by atoms with van der Waals surface area (Å²) in [6, 6.07) is 9.26. The Morgan fingerprint density at radius 2 is 2.05 bits per heavy atom. The molecule has 5 heteroatoms. The van der Waals surface area contributed by atoms with Crippen molar-refractivity contribution in [1.29, 1.82) is 0 Å². The number of anilines is 1. The quantitative estimate of drug-likeness (QED) is 0.777. The monoisotopic (exact) mass is 274 g/mol. The van der Waals surface area contributed by atoms with Crippen LogP contribution >= 0.6 is 0 Å². The molecular formula is C15H18N2O3. The summed E-state index contributed by atoms with van der Waals surface area (Å²) in [6.07, 6.45) is -0.126. The van der Waals surface area contributed by atoms with Crippen LogP contribution in [0.25, 0.3) is 10.9 Å². The lowest BCUT2D eigenvalue weighted by Crippen LogP contribution is -2.35. The lowest BCUT2D eigenvalue weighted by Gasteiger charge is -2.26. The Balaban J connectivity index is 2.52. The number of benzene rings is 1. The summed E-state index contributed by atoms with van der Waals surface area (Å²) >= 11 is 0. The summed E-state index contributed by atoms with van der Waals surface area (Å²) in [5.74, 6) is -0.917. The molecule has 1 aromatic heterocycles. The van der Waals surface area contributed by atoms with E-state index in [0.717, 1.165) is 16.6 Å². The van der Waals surface area contributed by atoms with E-state index in [1.54, 1.807) is 6.07 Å². The summed E-state index contributed by atoms with van der Waals surface area (Å²) in [5.41, 5.74) is 1.52. The van der Waals surface area contributed by atoms with Crippen molar-refractivity contribution in [3.63, 3.8) is 0 Å². The number of carboxylic acid groups (broad SMARTS) is 1. The predicted octanol–water partition coefficient (Wildman–Crippen LogP) is 2.04. The Morgan fingerprint density at radius 3 is 2.70 bits per heavy atom. The van der Waals surface area contributed by atoms with E-state index >= 15 is 0 Å². The molecule has 0 saturated carbocycles. The molecule has 1 aromatic carbocycles. The lowest BCUT2D eigenvalue weighted by molar-refractivity contribution is -0.136. The summed E-state index contributed by atoms with van der Waals surface area (Å²) in [6.45, 7) is 3.72. The number of fused-ring (bicyclic) bond motifs is 1. The molecule has 0 saturated heterocycles. The third-order valence-electron chi connectivity index (χ3n) is 2.97. The van der Waals surface area contributed by atoms with E-state index in [-0.39, 0.29) is 13.0 Å². The number of carbonyl (C=O) groups is 1. The first-order valence-electron chi connectivity index (χ1n) is 6.41. The van der Waals surface area contributed by atoms with Crippen LogP contribution in [0.15, 0.2) is 30.3 Å². The molecule has 0 fully saturated rings. The van der Waals surface area contributed by atoms with Gasteiger partial charge in [-0.1, -0.05) is 18.2 Å². The molecule has 0 aliphatic rings. The van der Waals surface area contributed by atoms with Crippen LogP contribution in [0, 0.1) is 0 Å². The maximum absolute atomic E-state index is 10.9. The molecule has 0 amide bonds. The average molecular weight is 274 g/mol. The molecule has 0 bridgehead atoms. The minimum absolute atomic E-state index is 0.0298. The van der Waals surface area contributed by atoms with Gasteiger partial charge in [-0.05, 0) is 26.0 Å². The smallest absolute Gasteiger partial charge is 0.309 e. The van der Waals surface area contributed by atoms with E-state index in [2.05, 4.69) is 10.3 Å². The van der Waals surface area contributed by atoms with Gasteiger partial charge >= 0.3 is 5.97 Å². The van der Waals surface area contributed by atoms with Crippen molar-refractivity contribution >= 4 is 22.6 Å². The summed E-state index contributed by atoms with van der Waals surface area (Å²) in [7, 11) is 0. The second kappa shape index (κ2) is 5.46. The molecule has 106 valence electrons. The normalized spacial score (nSPS) is 11.6. The van der Waals surface area contributed by atoms with Crippen LogP contribution in [0.2, 0.25) is 0 Å². The molecule has 5 nitrogen and oxygen atoms in total. The minimum atomic E-state index is -0.917. The SMILES string of the molecule is CC(C)(CO)Nc1cc(CC(=O)O)nc2ccccc12. The fraction of sp³-hybridized carbons (Fsp3) is 0.333. The zero-order valence-corrected chi connectivity index (χ0v) is 11.6. The molecule has 1 heterocycles. The van der Waals surface area contributed by atoms with Crippen LogP contribution in [-0.2, 0) is 11.2 Å². The van der Waals surface area contributed by atoms with Crippen LogP contribution in [0.5, 0.6) is 0 Å². The third kappa shape index (κ3) is 3.24. The summed E-state index contributed by atoms with van der Waals surface area (Å²) in [4.78, 5) is 15.2. The number of aromatic nitrogens is 1. The van der Waals surface area contributed by atoms with Gasteiger partial charge in [-0.3, -0.25) is 9.78 Å². The molecule has 0 spiro atoms. The van der Waals surface area contributed by atoms with Crippen molar-refractivity contribution < 1.29 is 15.0 Å². The first-order chi connectivity index (χ1) is 9.41. The van der Waals surface area contributed by atoms with E-state index in [4.69, 9.17) is 5.11 Å². The Bertz CT molecular complexity index is 638. The van der Waals surface area contributed by atoms with E-state index < -0.39 is 11.5 Å². The van der Waals surface area contributed by atoms with Gasteiger partial charge in [0.2, 0.25) is 0 Å². The van der Waals surface area contributed by atoms with Crippen LogP contribution in [0.3, 0.4) is 0 Å². The van der Waals surface area contributed by atoms with Gasteiger partial charge in [0.1, 0.15) is 0 Å². The fourth-order valence-electron chi connectivity index (χ4n) is 1.98. The lowest BCUT2D eigenvalue weighted by atomic mass is 10.0. The van der Waals surface area contributed by atoms with Crippen molar-refractivity contribution in [3.05, 3.63) is 36.0 Å². The van der Waals surface area contributed by atoms with Crippen molar-refractivity contribution in [2.45, 2.75) is 25.8 Å². The molecule has 0 aliphatic heterocycles. The zero-order valence-electron chi connectivity index (χ0n) is 11.6. The number of pyridine rings is 1. The highest BCUT2D eigenvalue weighted by Crippen LogP contribution is 2.26. The zero-order chi connectivity index (χ0) is 14.8. The number of nitrogens with zero attached hydrogens (tertiary/aromatic N) is 1. The maximum atomic E-state index is 10.9. The Kier molecular flexibility index (Phi) is 3.90. The minimum Gasteiger partial charge on any atom is -0.481 e. The number of rotatable bonds is 5. The van der Waals surface area contributed by atoms with Crippen LogP contribution in [0.4, 0.5) is 5.69 Å². The van der Waals surface area contributed by atoms with Gasteiger partial charge in [0.15, 0.2) is 0 Å². The fourth-order valence-corrected chi connectivity index (χ4v) is 1.98. The highest BCUT2D eigenvalue weighted by atomic mass is 16.4. The molecular weight excluding hydrogens is 256 g/mol. The van der Waals surface area contributed by atoms with Gasteiger partial charge < -0.3 is 15.5 Å². The van der Waals surface area contributed by atoms with Gasteiger partial charge in [0.25, 0.3) is 0 Å². The number of aliphatic hydroxyl groups is 1. The number of aliphatic hydroxyl groups excluding tert-OH is 1. The molecule has 2 rings (SSSR count).